The quantitative estimate of drug-likeness (QED) is 0.724. The molecule has 1 saturated heterocycles. The highest BCUT2D eigenvalue weighted by Crippen LogP contribution is 2.29. The summed E-state index contributed by atoms with van der Waals surface area (Å²) in [6.45, 7) is 9.28. The summed E-state index contributed by atoms with van der Waals surface area (Å²) in [5, 5.41) is 3.62. The van der Waals surface area contributed by atoms with Gasteiger partial charge in [0.25, 0.3) is 0 Å². The van der Waals surface area contributed by atoms with Crippen LogP contribution >= 0.6 is 0 Å². The van der Waals surface area contributed by atoms with E-state index in [1.54, 1.807) is 0 Å². The summed E-state index contributed by atoms with van der Waals surface area (Å²) < 4.78 is 0. The van der Waals surface area contributed by atoms with Gasteiger partial charge >= 0.3 is 0 Å². The van der Waals surface area contributed by atoms with E-state index in [0.29, 0.717) is 6.04 Å². The zero-order valence-corrected chi connectivity index (χ0v) is 13.1. The van der Waals surface area contributed by atoms with Crippen molar-refractivity contribution >= 4 is 0 Å². The Morgan fingerprint density at radius 1 is 1.20 bits per heavy atom. The van der Waals surface area contributed by atoms with Crippen molar-refractivity contribution in [1.82, 2.24) is 10.2 Å². The van der Waals surface area contributed by atoms with Crippen LogP contribution in [0.15, 0.2) is 30.3 Å². The molecule has 20 heavy (non-hydrogen) atoms. The predicted octanol–water partition coefficient (Wildman–Crippen LogP) is 3.85. The van der Waals surface area contributed by atoms with Crippen molar-refractivity contribution < 1.29 is 0 Å². The zero-order valence-electron chi connectivity index (χ0n) is 13.1. The average Bonchev–Trinajstić information content (AvgIpc) is 2.93. The zero-order chi connectivity index (χ0) is 14.2. The van der Waals surface area contributed by atoms with Crippen LogP contribution in [-0.2, 0) is 0 Å². The van der Waals surface area contributed by atoms with E-state index in [0.717, 1.165) is 19.0 Å². The van der Waals surface area contributed by atoms with Gasteiger partial charge in [0.2, 0.25) is 0 Å². The molecule has 2 unspecified atom stereocenters. The van der Waals surface area contributed by atoms with E-state index in [-0.39, 0.29) is 0 Å². The van der Waals surface area contributed by atoms with Crippen molar-refractivity contribution in [3.63, 3.8) is 0 Å². The van der Waals surface area contributed by atoms with E-state index >= 15 is 0 Å². The number of hydrogen-bond acceptors (Lipinski definition) is 2. The summed E-state index contributed by atoms with van der Waals surface area (Å²) in [6.07, 6.45) is 5.30. The van der Waals surface area contributed by atoms with Gasteiger partial charge in [-0.25, -0.2) is 0 Å². The summed E-state index contributed by atoms with van der Waals surface area (Å²) in [4.78, 5) is 2.69. The number of likely N-dealkylation sites (tertiary alicyclic amines) is 1. The van der Waals surface area contributed by atoms with E-state index in [2.05, 4.69) is 54.4 Å². The highest BCUT2D eigenvalue weighted by Gasteiger charge is 2.28. The maximum absolute atomic E-state index is 3.62. The third-order valence-corrected chi connectivity index (χ3v) is 4.40. The minimum atomic E-state index is 0.546. The molecule has 1 fully saturated rings. The van der Waals surface area contributed by atoms with Crippen LogP contribution in [0.25, 0.3) is 0 Å². The largest absolute Gasteiger partial charge is 0.315 e. The van der Waals surface area contributed by atoms with E-state index in [9.17, 15) is 0 Å². The number of rotatable bonds is 8. The minimum absolute atomic E-state index is 0.546. The molecule has 1 heterocycles. The van der Waals surface area contributed by atoms with Crippen LogP contribution in [0.3, 0.4) is 0 Å². The smallest absolute Gasteiger partial charge is 0.0472 e. The Hall–Kier alpha value is -0.860. The van der Waals surface area contributed by atoms with Crippen LogP contribution in [-0.4, -0.2) is 31.1 Å². The van der Waals surface area contributed by atoms with Gasteiger partial charge in [0.05, 0.1) is 0 Å². The van der Waals surface area contributed by atoms with Crippen molar-refractivity contribution in [3.05, 3.63) is 35.9 Å². The Labute approximate surface area is 124 Å². The molecule has 1 N–H and O–H groups in total. The van der Waals surface area contributed by atoms with Crippen LogP contribution in [0.4, 0.5) is 0 Å². The molecule has 0 bridgehead atoms. The molecule has 0 aliphatic carbocycles. The van der Waals surface area contributed by atoms with Gasteiger partial charge in [-0.05, 0) is 43.8 Å². The molecule has 1 aliphatic heterocycles. The van der Waals surface area contributed by atoms with Crippen LogP contribution in [0.2, 0.25) is 0 Å². The first-order valence-electron chi connectivity index (χ1n) is 8.34. The molecular formula is C18H30N2. The number of hydrogen-bond donors (Lipinski definition) is 1. The van der Waals surface area contributed by atoms with Crippen LogP contribution < -0.4 is 5.32 Å². The second kappa shape index (κ2) is 8.43. The first-order chi connectivity index (χ1) is 9.85. The first kappa shape index (κ1) is 15.5. The van der Waals surface area contributed by atoms with E-state index in [1.165, 1.54) is 44.3 Å². The molecule has 1 aliphatic rings. The van der Waals surface area contributed by atoms with Gasteiger partial charge in [0.1, 0.15) is 0 Å². The fourth-order valence-electron chi connectivity index (χ4n) is 3.34. The van der Waals surface area contributed by atoms with E-state index in [1.807, 2.05) is 0 Å². The fraction of sp³-hybridized carbons (Fsp3) is 0.667. The summed E-state index contributed by atoms with van der Waals surface area (Å²) in [5.41, 5.74) is 1.47. The van der Waals surface area contributed by atoms with Gasteiger partial charge < -0.3 is 5.32 Å². The van der Waals surface area contributed by atoms with Crippen molar-refractivity contribution in [2.75, 3.05) is 26.2 Å². The molecule has 0 amide bonds. The van der Waals surface area contributed by atoms with E-state index < -0.39 is 0 Å². The van der Waals surface area contributed by atoms with Gasteiger partial charge in [-0.15, -0.1) is 0 Å². The second-order valence-electron chi connectivity index (χ2n) is 6.07. The molecule has 1 aromatic carbocycles. The molecule has 2 nitrogen and oxygen atoms in total. The van der Waals surface area contributed by atoms with Crippen LogP contribution in [0.1, 0.15) is 51.1 Å². The topological polar surface area (TPSA) is 15.3 Å². The monoisotopic (exact) mass is 274 g/mol. The summed E-state index contributed by atoms with van der Waals surface area (Å²) in [5.74, 6) is 0.914. The first-order valence-corrected chi connectivity index (χ1v) is 8.34. The lowest BCUT2D eigenvalue weighted by molar-refractivity contribution is 0.228. The molecule has 2 rings (SSSR count). The van der Waals surface area contributed by atoms with Gasteiger partial charge in [-0.2, -0.15) is 0 Å². The minimum Gasteiger partial charge on any atom is -0.315 e. The summed E-state index contributed by atoms with van der Waals surface area (Å²) in [6, 6.07) is 11.6. The Bertz CT molecular complexity index is 363. The van der Waals surface area contributed by atoms with Crippen molar-refractivity contribution in [2.24, 2.45) is 5.92 Å². The Kier molecular flexibility index (Phi) is 6.55. The normalized spacial score (nSPS) is 21.2. The van der Waals surface area contributed by atoms with E-state index in [4.69, 9.17) is 0 Å². The number of nitrogens with zero attached hydrogens (tertiary/aromatic N) is 1. The molecule has 112 valence electrons. The third kappa shape index (κ3) is 4.32. The molecule has 0 spiro atoms. The molecule has 0 aromatic heterocycles. The Balaban J connectivity index is 1.99. The lowest BCUT2D eigenvalue weighted by atomic mass is 10.0. The molecule has 0 radical (unpaired) electrons. The van der Waals surface area contributed by atoms with Gasteiger partial charge in [-0.3, -0.25) is 4.90 Å². The average molecular weight is 274 g/mol. The highest BCUT2D eigenvalue weighted by molar-refractivity contribution is 5.19. The fourth-order valence-corrected chi connectivity index (χ4v) is 3.34. The number of benzene rings is 1. The van der Waals surface area contributed by atoms with Crippen LogP contribution in [0, 0.1) is 5.92 Å². The van der Waals surface area contributed by atoms with Gasteiger partial charge in [-0.1, -0.05) is 50.6 Å². The second-order valence-corrected chi connectivity index (χ2v) is 6.07. The summed E-state index contributed by atoms with van der Waals surface area (Å²) in [7, 11) is 0. The summed E-state index contributed by atoms with van der Waals surface area (Å²) >= 11 is 0. The highest BCUT2D eigenvalue weighted by atomic mass is 15.2. The Morgan fingerprint density at radius 2 is 2.00 bits per heavy atom. The lowest BCUT2D eigenvalue weighted by Gasteiger charge is -2.29. The third-order valence-electron chi connectivity index (χ3n) is 4.40. The van der Waals surface area contributed by atoms with Crippen molar-refractivity contribution in [2.45, 2.75) is 45.6 Å². The molecule has 2 heteroatoms. The molecule has 2 atom stereocenters. The number of nitrogens with one attached hydrogen (secondary N) is 1. The van der Waals surface area contributed by atoms with Gasteiger partial charge in [0, 0.05) is 19.1 Å². The maximum Gasteiger partial charge on any atom is 0.0472 e. The molecule has 0 saturated carbocycles. The van der Waals surface area contributed by atoms with Crippen LogP contribution in [0.5, 0.6) is 0 Å². The van der Waals surface area contributed by atoms with Crippen molar-refractivity contribution in [3.8, 4) is 0 Å². The maximum atomic E-state index is 3.62. The molecule has 1 aromatic rings. The lowest BCUT2D eigenvalue weighted by Crippen LogP contribution is -2.35. The SMILES string of the molecule is CCCNCC(c1ccccc1)N1CCC(CCC)C1. The Morgan fingerprint density at radius 3 is 2.70 bits per heavy atom. The standard InChI is InChI=1S/C18H30N2/c1-3-8-16-11-13-20(15-16)18(14-19-12-4-2)17-9-6-5-7-10-17/h5-7,9-10,16,18-19H,3-4,8,11-15H2,1-2H3. The predicted molar refractivity (Wildman–Crippen MR) is 86.9 cm³/mol. The molecular weight excluding hydrogens is 244 g/mol. The van der Waals surface area contributed by atoms with Gasteiger partial charge in [0.15, 0.2) is 0 Å². The van der Waals surface area contributed by atoms with Crippen molar-refractivity contribution in [1.29, 1.82) is 0 Å².